The van der Waals surface area contributed by atoms with Gasteiger partial charge in [-0.05, 0) is 19.8 Å². The number of carbonyl (C=O) groups excluding carboxylic acids is 1. The number of carboxylic acid groups (broad SMARTS) is 1. The van der Waals surface area contributed by atoms with E-state index in [4.69, 9.17) is 5.11 Å². The van der Waals surface area contributed by atoms with Crippen molar-refractivity contribution >= 4 is 21.9 Å². The van der Waals surface area contributed by atoms with E-state index in [1.807, 2.05) is 0 Å². The van der Waals surface area contributed by atoms with Gasteiger partial charge >= 0.3 is 5.97 Å². The predicted molar refractivity (Wildman–Crippen MR) is 71.1 cm³/mol. The lowest BCUT2D eigenvalue weighted by Crippen LogP contribution is -2.47. The normalized spacial score (nSPS) is 14.7. The van der Waals surface area contributed by atoms with Gasteiger partial charge in [-0.3, -0.25) is 9.59 Å². The summed E-state index contributed by atoms with van der Waals surface area (Å²) in [6.07, 6.45) is 0.853. The minimum absolute atomic E-state index is 0.00941. The maximum absolute atomic E-state index is 11.6. The van der Waals surface area contributed by atoms with Gasteiger partial charge in [-0.1, -0.05) is 13.8 Å². The van der Waals surface area contributed by atoms with Crippen LogP contribution in [-0.4, -0.2) is 43.7 Å². The third kappa shape index (κ3) is 7.12. The first-order valence-corrected chi connectivity index (χ1v) is 7.89. The van der Waals surface area contributed by atoms with Crippen molar-refractivity contribution in [2.24, 2.45) is 5.92 Å². The van der Waals surface area contributed by atoms with Crippen LogP contribution >= 0.6 is 0 Å². The van der Waals surface area contributed by atoms with Crippen LogP contribution in [0.25, 0.3) is 0 Å². The highest BCUT2D eigenvalue weighted by Gasteiger charge is 2.21. The van der Waals surface area contributed by atoms with Crippen molar-refractivity contribution in [2.45, 2.75) is 39.7 Å². The summed E-state index contributed by atoms with van der Waals surface area (Å²) in [6.45, 7) is 4.84. The molecule has 2 unspecified atom stereocenters. The summed E-state index contributed by atoms with van der Waals surface area (Å²) in [5.41, 5.74) is 0. The SMILES string of the molecule is CCCS(=O)(=O)NC(C)C(=O)NCC(CC)C(=O)O. The molecule has 0 saturated heterocycles. The Labute approximate surface area is 113 Å². The molecule has 0 rings (SSSR count). The highest BCUT2D eigenvalue weighted by atomic mass is 32.2. The molecule has 19 heavy (non-hydrogen) atoms. The second-order valence-electron chi connectivity index (χ2n) is 4.35. The van der Waals surface area contributed by atoms with Gasteiger partial charge in [-0.2, -0.15) is 0 Å². The molecule has 0 aliphatic heterocycles. The lowest BCUT2D eigenvalue weighted by molar-refractivity contribution is -0.141. The average Bonchev–Trinajstić information content (AvgIpc) is 2.28. The Hall–Kier alpha value is -1.15. The standard InChI is InChI=1S/C11H22N2O5S/c1-4-6-19(17,18)13-8(3)10(14)12-7-9(5-2)11(15)16/h8-9,13H,4-7H2,1-3H3,(H,12,14)(H,15,16). The molecule has 0 saturated carbocycles. The molecule has 0 bridgehead atoms. The molecule has 0 heterocycles. The minimum Gasteiger partial charge on any atom is -0.481 e. The quantitative estimate of drug-likeness (QED) is 0.551. The number of aliphatic carboxylic acids is 1. The zero-order valence-electron chi connectivity index (χ0n) is 11.5. The molecule has 3 N–H and O–H groups in total. The summed E-state index contributed by atoms with van der Waals surface area (Å²) < 4.78 is 25.2. The number of amides is 1. The van der Waals surface area contributed by atoms with Crippen molar-refractivity contribution in [3.63, 3.8) is 0 Å². The molecular formula is C11H22N2O5S. The van der Waals surface area contributed by atoms with E-state index in [9.17, 15) is 18.0 Å². The minimum atomic E-state index is -3.46. The van der Waals surface area contributed by atoms with Crippen LogP contribution in [0, 0.1) is 5.92 Å². The fourth-order valence-corrected chi connectivity index (χ4v) is 2.73. The molecule has 0 aromatic carbocycles. The Morgan fingerprint density at radius 1 is 1.26 bits per heavy atom. The van der Waals surface area contributed by atoms with Crippen LogP contribution in [0.5, 0.6) is 0 Å². The molecule has 0 fully saturated rings. The number of hydrogen-bond donors (Lipinski definition) is 3. The molecule has 0 aromatic rings. The topological polar surface area (TPSA) is 113 Å². The first kappa shape index (κ1) is 17.8. The van der Waals surface area contributed by atoms with Crippen molar-refractivity contribution in [3.05, 3.63) is 0 Å². The van der Waals surface area contributed by atoms with Crippen molar-refractivity contribution in [2.75, 3.05) is 12.3 Å². The zero-order valence-corrected chi connectivity index (χ0v) is 12.3. The molecule has 0 aromatic heterocycles. The second-order valence-corrected chi connectivity index (χ2v) is 6.22. The smallest absolute Gasteiger partial charge is 0.308 e. The maximum atomic E-state index is 11.6. The Balaban J connectivity index is 4.32. The summed E-state index contributed by atoms with van der Waals surface area (Å²) >= 11 is 0. The van der Waals surface area contributed by atoms with Crippen molar-refractivity contribution < 1.29 is 23.1 Å². The number of carboxylic acids is 1. The van der Waals surface area contributed by atoms with Crippen LogP contribution < -0.4 is 10.0 Å². The van der Waals surface area contributed by atoms with Gasteiger partial charge in [0.1, 0.15) is 0 Å². The van der Waals surface area contributed by atoms with Gasteiger partial charge in [0.2, 0.25) is 15.9 Å². The number of rotatable bonds is 9. The second kappa shape index (κ2) is 8.11. The summed E-state index contributed by atoms with van der Waals surface area (Å²) in [6, 6.07) is -0.914. The largest absolute Gasteiger partial charge is 0.481 e. The van der Waals surface area contributed by atoms with E-state index in [1.165, 1.54) is 6.92 Å². The Morgan fingerprint density at radius 2 is 1.84 bits per heavy atom. The fourth-order valence-electron chi connectivity index (χ4n) is 1.43. The lowest BCUT2D eigenvalue weighted by atomic mass is 10.1. The van der Waals surface area contributed by atoms with Gasteiger partial charge in [0.05, 0.1) is 17.7 Å². The van der Waals surface area contributed by atoms with E-state index in [-0.39, 0.29) is 12.3 Å². The van der Waals surface area contributed by atoms with Crippen LogP contribution in [0.15, 0.2) is 0 Å². The highest BCUT2D eigenvalue weighted by molar-refractivity contribution is 7.89. The number of sulfonamides is 1. The van der Waals surface area contributed by atoms with Gasteiger partial charge in [-0.15, -0.1) is 0 Å². The number of carbonyl (C=O) groups is 2. The molecule has 8 heteroatoms. The van der Waals surface area contributed by atoms with Gasteiger partial charge in [0, 0.05) is 6.54 Å². The van der Waals surface area contributed by atoms with Crippen LogP contribution in [0.1, 0.15) is 33.6 Å². The lowest BCUT2D eigenvalue weighted by Gasteiger charge is -2.16. The molecule has 0 spiro atoms. The van der Waals surface area contributed by atoms with Crippen LogP contribution in [0.3, 0.4) is 0 Å². The molecule has 0 radical (unpaired) electrons. The molecule has 2 atom stereocenters. The molecule has 7 nitrogen and oxygen atoms in total. The Bertz CT molecular complexity index is 407. The first-order chi connectivity index (χ1) is 8.73. The summed E-state index contributed by atoms with van der Waals surface area (Å²) in [5, 5.41) is 11.3. The molecular weight excluding hydrogens is 272 g/mol. The van der Waals surface area contributed by atoms with E-state index in [0.717, 1.165) is 0 Å². The van der Waals surface area contributed by atoms with Gasteiger partial charge in [0.25, 0.3) is 0 Å². The summed E-state index contributed by atoms with van der Waals surface area (Å²) in [5.74, 6) is -2.22. The van der Waals surface area contributed by atoms with E-state index < -0.39 is 33.9 Å². The van der Waals surface area contributed by atoms with E-state index in [1.54, 1.807) is 13.8 Å². The van der Waals surface area contributed by atoms with Crippen LogP contribution in [0.4, 0.5) is 0 Å². The van der Waals surface area contributed by atoms with E-state index in [0.29, 0.717) is 12.8 Å². The predicted octanol–water partition coefficient (Wildman–Crippen LogP) is -0.0687. The van der Waals surface area contributed by atoms with Gasteiger partial charge in [0.15, 0.2) is 0 Å². The van der Waals surface area contributed by atoms with Crippen molar-refractivity contribution in [3.8, 4) is 0 Å². The van der Waals surface area contributed by atoms with E-state index in [2.05, 4.69) is 10.0 Å². The molecule has 112 valence electrons. The maximum Gasteiger partial charge on any atom is 0.308 e. The Kier molecular flexibility index (Phi) is 7.62. The molecule has 0 aliphatic carbocycles. The number of hydrogen-bond acceptors (Lipinski definition) is 4. The summed E-state index contributed by atoms with van der Waals surface area (Å²) in [4.78, 5) is 22.4. The molecule has 0 aliphatic rings. The van der Waals surface area contributed by atoms with Gasteiger partial charge in [-0.25, -0.2) is 13.1 Å². The van der Waals surface area contributed by atoms with Crippen LogP contribution in [0.2, 0.25) is 0 Å². The molecule has 1 amide bonds. The van der Waals surface area contributed by atoms with Gasteiger partial charge < -0.3 is 10.4 Å². The van der Waals surface area contributed by atoms with E-state index >= 15 is 0 Å². The third-order valence-corrected chi connectivity index (χ3v) is 4.25. The van der Waals surface area contributed by atoms with Crippen molar-refractivity contribution in [1.29, 1.82) is 0 Å². The monoisotopic (exact) mass is 294 g/mol. The zero-order chi connectivity index (χ0) is 15.1. The number of nitrogens with one attached hydrogen (secondary N) is 2. The first-order valence-electron chi connectivity index (χ1n) is 6.24. The van der Waals surface area contributed by atoms with Crippen molar-refractivity contribution in [1.82, 2.24) is 10.0 Å². The fraction of sp³-hybridized carbons (Fsp3) is 0.818. The third-order valence-electron chi connectivity index (χ3n) is 2.59. The highest BCUT2D eigenvalue weighted by Crippen LogP contribution is 2.01. The van der Waals surface area contributed by atoms with Crippen LogP contribution in [-0.2, 0) is 19.6 Å². The average molecular weight is 294 g/mol. The Morgan fingerprint density at radius 3 is 2.26 bits per heavy atom. The summed E-state index contributed by atoms with van der Waals surface area (Å²) in [7, 11) is -3.46.